The van der Waals surface area contributed by atoms with Crippen molar-refractivity contribution in [2.24, 2.45) is 0 Å². The SMILES string of the molecule is CC(Oc1cc(F)c(I)cc1N)c1ccccc1. The summed E-state index contributed by atoms with van der Waals surface area (Å²) in [5.74, 6) is 0.0596. The van der Waals surface area contributed by atoms with E-state index in [-0.39, 0.29) is 11.9 Å². The van der Waals surface area contributed by atoms with Gasteiger partial charge in [0.2, 0.25) is 0 Å². The van der Waals surface area contributed by atoms with Gasteiger partial charge < -0.3 is 10.5 Å². The Hall–Kier alpha value is -1.30. The lowest BCUT2D eigenvalue weighted by molar-refractivity contribution is 0.227. The third-order valence-electron chi connectivity index (χ3n) is 2.63. The zero-order valence-electron chi connectivity index (χ0n) is 9.86. The Morgan fingerprint density at radius 2 is 1.89 bits per heavy atom. The minimum atomic E-state index is -0.319. The predicted molar refractivity (Wildman–Crippen MR) is 79.0 cm³/mol. The van der Waals surface area contributed by atoms with Crippen LogP contribution in [-0.2, 0) is 0 Å². The summed E-state index contributed by atoms with van der Waals surface area (Å²) in [5, 5.41) is 0. The van der Waals surface area contributed by atoms with Gasteiger partial charge in [-0.05, 0) is 41.1 Å². The van der Waals surface area contributed by atoms with Crippen LogP contribution in [0.25, 0.3) is 0 Å². The van der Waals surface area contributed by atoms with E-state index in [9.17, 15) is 4.39 Å². The van der Waals surface area contributed by atoms with Crippen LogP contribution in [0.5, 0.6) is 5.75 Å². The van der Waals surface area contributed by atoms with E-state index in [1.54, 1.807) is 6.07 Å². The quantitative estimate of drug-likeness (QED) is 0.662. The highest BCUT2D eigenvalue weighted by Crippen LogP contribution is 2.30. The van der Waals surface area contributed by atoms with Crippen LogP contribution in [0.1, 0.15) is 18.6 Å². The lowest BCUT2D eigenvalue weighted by atomic mass is 10.1. The van der Waals surface area contributed by atoms with Crippen LogP contribution in [0.2, 0.25) is 0 Å². The summed E-state index contributed by atoms with van der Waals surface area (Å²) in [5.41, 5.74) is 7.29. The monoisotopic (exact) mass is 357 g/mol. The summed E-state index contributed by atoms with van der Waals surface area (Å²) in [6.45, 7) is 1.91. The molecule has 2 N–H and O–H groups in total. The van der Waals surface area contributed by atoms with Crippen LogP contribution in [-0.4, -0.2) is 0 Å². The molecule has 2 rings (SSSR count). The number of rotatable bonds is 3. The van der Waals surface area contributed by atoms with Crippen LogP contribution in [0.4, 0.5) is 10.1 Å². The van der Waals surface area contributed by atoms with Gasteiger partial charge in [-0.15, -0.1) is 0 Å². The molecule has 0 radical (unpaired) electrons. The van der Waals surface area contributed by atoms with Gasteiger partial charge in [0.25, 0.3) is 0 Å². The minimum absolute atomic E-state index is 0.173. The third kappa shape index (κ3) is 2.93. The summed E-state index contributed by atoms with van der Waals surface area (Å²) in [6.07, 6.45) is -0.173. The first-order chi connectivity index (χ1) is 8.58. The number of benzene rings is 2. The Bertz CT molecular complexity index is 545. The smallest absolute Gasteiger partial charge is 0.146 e. The number of anilines is 1. The highest BCUT2D eigenvalue weighted by atomic mass is 127. The Labute approximate surface area is 119 Å². The second-order valence-electron chi connectivity index (χ2n) is 3.97. The van der Waals surface area contributed by atoms with Crippen molar-refractivity contribution in [1.29, 1.82) is 0 Å². The van der Waals surface area contributed by atoms with E-state index < -0.39 is 0 Å². The molecule has 0 aliphatic carbocycles. The molecule has 0 saturated carbocycles. The lowest BCUT2D eigenvalue weighted by Crippen LogP contribution is -2.05. The molecule has 0 spiro atoms. The average molecular weight is 357 g/mol. The molecule has 0 aliphatic heterocycles. The van der Waals surface area contributed by atoms with E-state index in [1.807, 2.05) is 59.8 Å². The molecule has 0 saturated heterocycles. The first-order valence-electron chi connectivity index (χ1n) is 5.54. The van der Waals surface area contributed by atoms with E-state index in [0.717, 1.165) is 5.56 Å². The van der Waals surface area contributed by atoms with Gasteiger partial charge in [0.15, 0.2) is 0 Å². The molecule has 4 heteroatoms. The van der Waals surface area contributed by atoms with Crippen molar-refractivity contribution in [2.45, 2.75) is 13.0 Å². The van der Waals surface area contributed by atoms with Crippen molar-refractivity contribution in [3.63, 3.8) is 0 Å². The summed E-state index contributed by atoms with van der Waals surface area (Å²) < 4.78 is 19.7. The Balaban J connectivity index is 2.22. The van der Waals surface area contributed by atoms with Crippen LogP contribution in [0.15, 0.2) is 42.5 Å². The number of nitrogens with two attached hydrogens (primary N) is 1. The fourth-order valence-corrected chi connectivity index (χ4v) is 2.12. The maximum atomic E-state index is 13.5. The second-order valence-corrected chi connectivity index (χ2v) is 5.14. The molecular formula is C14H13FINO. The van der Waals surface area contributed by atoms with Gasteiger partial charge >= 0.3 is 0 Å². The summed E-state index contributed by atoms with van der Waals surface area (Å²) in [6, 6.07) is 12.6. The summed E-state index contributed by atoms with van der Waals surface area (Å²) in [7, 11) is 0. The molecule has 0 aliphatic rings. The topological polar surface area (TPSA) is 35.2 Å². The molecule has 94 valence electrons. The van der Waals surface area contributed by atoms with Crippen molar-refractivity contribution in [3.8, 4) is 5.75 Å². The minimum Gasteiger partial charge on any atom is -0.484 e. The van der Waals surface area contributed by atoms with Crippen molar-refractivity contribution in [2.75, 3.05) is 5.73 Å². The molecule has 1 unspecified atom stereocenters. The normalized spacial score (nSPS) is 12.2. The van der Waals surface area contributed by atoms with E-state index in [0.29, 0.717) is 15.0 Å². The molecular weight excluding hydrogens is 344 g/mol. The number of ether oxygens (including phenoxy) is 1. The van der Waals surface area contributed by atoms with Gasteiger partial charge in [-0.3, -0.25) is 0 Å². The molecule has 0 aromatic heterocycles. The summed E-state index contributed by atoms with van der Waals surface area (Å²) in [4.78, 5) is 0. The van der Waals surface area contributed by atoms with Gasteiger partial charge in [0.05, 0.1) is 9.26 Å². The zero-order chi connectivity index (χ0) is 13.1. The number of hydrogen-bond donors (Lipinski definition) is 1. The number of nitrogen functional groups attached to an aromatic ring is 1. The molecule has 0 heterocycles. The lowest BCUT2D eigenvalue weighted by Gasteiger charge is -2.16. The van der Waals surface area contributed by atoms with E-state index in [4.69, 9.17) is 10.5 Å². The fraction of sp³-hybridized carbons (Fsp3) is 0.143. The van der Waals surface area contributed by atoms with E-state index in [1.165, 1.54) is 6.07 Å². The molecule has 0 bridgehead atoms. The molecule has 0 amide bonds. The fourth-order valence-electron chi connectivity index (χ4n) is 1.63. The van der Waals surface area contributed by atoms with Gasteiger partial charge in [-0.1, -0.05) is 30.3 Å². The number of halogens is 2. The van der Waals surface area contributed by atoms with Gasteiger partial charge in [-0.25, -0.2) is 4.39 Å². The number of hydrogen-bond acceptors (Lipinski definition) is 2. The van der Waals surface area contributed by atoms with Crippen molar-refractivity contribution in [3.05, 3.63) is 57.4 Å². The first-order valence-corrected chi connectivity index (χ1v) is 6.62. The average Bonchev–Trinajstić information content (AvgIpc) is 2.37. The Kier molecular flexibility index (Phi) is 4.06. The summed E-state index contributed by atoms with van der Waals surface area (Å²) >= 11 is 1.90. The van der Waals surface area contributed by atoms with Crippen molar-refractivity contribution in [1.82, 2.24) is 0 Å². The van der Waals surface area contributed by atoms with Crippen LogP contribution in [0, 0.1) is 9.39 Å². The molecule has 18 heavy (non-hydrogen) atoms. The highest BCUT2D eigenvalue weighted by molar-refractivity contribution is 14.1. The Morgan fingerprint density at radius 3 is 2.56 bits per heavy atom. The molecule has 0 fully saturated rings. The predicted octanol–water partition coefficient (Wildman–Crippen LogP) is 4.15. The standard InChI is InChI=1S/C14H13FINO/c1-9(10-5-3-2-4-6-10)18-14-7-11(15)12(16)8-13(14)17/h2-9H,17H2,1H3. The van der Waals surface area contributed by atoms with Crippen LogP contribution >= 0.6 is 22.6 Å². The van der Waals surface area contributed by atoms with Gasteiger partial charge in [0, 0.05) is 6.07 Å². The van der Waals surface area contributed by atoms with Crippen LogP contribution < -0.4 is 10.5 Å². The van der Waals surface area contributed by atoms with E-state index in [2.05, 4.69) is 0 Å². The maximum absolute atomic E-state index is 13.5. The molecule has 2 aromatic carbocycles. The van der Waals surface area contributed by atoms with Crippen LogP contribution in [0.3, 0.4) is 0 Å². The highest BCUT2D eigenvalue weighted by Gasteiger charge is 2.11. The van der Waals surface area contributed by atoms with Gasteiger partial charge in [0.1, 0.15) is 17.7 Å². The zero-order valence-corrected chi connectivity index (χ0v) is 12.0. The first kappa shape index (κ1) is 13.1. The Morgan fingerprint density at radius 1 is 1.22 bits per heavy atom. The van der Waals surface area contributed by atoms with Crippen molar-refractivity contribution < 1.29 is 9.13 Å². The molecule has 1 atom stereocenters. The molecule has 2 nitrogen and oxygen atoms in total. The molecule has 2 aromatic rings. The van der Waals surface area contributed by atoms with Crippen molar-refractivity contribution >= 4 is 28.3 Å². The van der Waals surface area contributed by atoms with E-state index >= 15 is 0 Å². The maximum Gasteiger partial charge on any atom is 0.146 e. The second kappa shape index (κ2) is 5.56. The largest absolute Gasteiger partial charge is 0.484 e. The van der Waals surface area contributed by atoms with Gasteiger partial charge in [-0.2, -0.15) is 0 Å². The third-order valence-corrected chi connectivity index (χ3v) is 3.45.